The van der Waals surface area contributed by atoms with Crippen LogP contribution in [0.25, 0.3) is 0 Å². The molecule has 86 valence electrons. The van der Waals surface area contributed by atoms with E-state index in [-0.39, 0.29) is 24.6 Å². The van der Waals surface area contributed by atoms with E-state index in [1.54, 1.807) is 0 Å². The Bertz CT molecular complexity index is 351. The first kappa shape index (κ1) is 10.3. The van der Waals surface area contributed by atoms with Crippen LogP contribution < -0.4 is 0 Å². The van der Waals surface area contributed by atoms with Crippen molar-refractivity contribution in [3.05, 3.63) is 35.9 Å². The minimum absolute atomic E-state index is 0.120. The Balaban J connectivity index is 1.72. The number of ether oxygens (including phenoxy) is 3. The van der Waals surface area contributed by atoms with Gasteiger partial charge in [0, 0.05) is 12.0 Å². The molecule has 0 radical (unpaired) electrons. The van der Waals surface area contributed by atoms with Crippen molar-refractivity contribution >= 4 is 0 Å². The summed E-state index contributed by atoms with van der Waals surface area (Å²) in [5, 5.41) is 0. The van der Waals surface area contributed by atoms with Gasteiger partial charge >= 0.3 is 0 Å². The highest BCUT2D eigenvalue weighted by atomic mass is 16.7. The molecule has 2 aliphatic rings. The van der Waals surface area contributed by atoms with Gasteiger partial charge in [0.05, 0.1) is 18.8 Å². The fourth-order valence-electron chi connectivity index (χ4n) is 2.38. The van der Waals surface area contributed by atoms with E-state index in [4.69, 9.17) is 14.2 Å². The quantitative estimate of drug-likeness (QED) is 0.726. The Morgan fingerprint density at radius 3 is 2.69 bits per heavy atom. The van der Waals surface area contributed by atoms with Gasteiger partial charge in [0.1, 0.15) is 6.10 Å². The third-order valence-corrected chi connectivity index (χ3v) is 3.17. The van der Waals surface area contributed by atoms with Crippen LogP contribution in [0.3, 0.4) is 0 Å². The lowest BCUT2D eigenvalue weighted by Crippen LogP contribution is -2.37. The molecule has 3 rings (SSSR count). The van der Waals surface area contributed by atoms with Gasteiger partial charge in [-0.25, -0.2) is 0 Å². The van der Waals surface area contributed by atoms with Crippen LogP contribution in [0, 0.1) is 0 Å². The summed E-state index contributed by atoms with van der Waals surface area (Å²) in [6.45, 7) is 2.72. The normalized spacial score (nSPS) is 38.3. The fourth-order valence-corrected chi connectivity index (χ4v) is 2.38. The van der Waals surface area contributed by atoms with Crippen molar-refractivity contribution in [3.8, 4) is 0 Å². The van der Waals surface area contributed by atoms with Crippen LogP contribution in [0.4, 0.5) is 0 Å². The molecule has 4 atom stereocenters. The molecule has 2 aliphatic heterocycles. The van der Waals surface area contributed by atoms with E-state index in [0.29, 0.717) is 6.61 Å². The molecule has 2 fully saturated rings. The molecular formula is C13H16O3. The molecular weight excluding hydrogens is 204 g/mol. The average Bonchev–Trinajstić information content (AvgIpc) is 2.69. The molecule has 0 amide bonds. The molecule has 2 heterocycles. The van der Waals surface area contributed by atoms with Crippen molar-refractivity contribution < 1.29 is 14.2 Å². The zero-order valence-electron chi connectivity index (χ0n) is 9.34. The summed E-state index contributed by atoms with van der Waals surface area (Å²) in [6, 6.07) is 10.1. The zero-order chi connectivity index (χ0) is 11.0. The van der Waals surface area contributed by atoms with Gasteiger partial charge in [-0.2, -0.15) is 0 Å². The first-order chi connectivity index (χ1) is 7.83. The first-order valence-corrected chi connectivity index (χ1v) is 5.80. The fraction of sp³-hybridized carbons (Fsp3) is 0.538. The molecule has 1 aromatic carbocycles. The number of hydrogen-bond donors (Lipinski definition) is 0. The van der Waals surface area contributed by atoms with E-state index >= 15 is 0 Å². The molecule has 1 unspecified atom stereocenters. The number of benzene rings is 1. The van der Waals surface area contributed by atoms with Gasteiger partial charge in [0.25, 0.3) is 0 Å². The Morgan fingerprint density at radius 2 is 1.88 bits per heavy atom. The molecule has 0 N–H and O–H groups in total. The van der Waals surface area contributed by atoms with Crippen molar-refractivity contribution in [1.29, 1.82) is 0 Å². The monoisotopic (exact) mass is 220 g/mol. The summed E-state index contributed by atoms with van der Waals surface area (Å²) < 4.78 is 17.3. The van der Waals surface area contributed by atoms with Crippen LogP contribution >= 0.6 is 0 Å². The highest BCUT2D eigenvalue weighted by Gasteiger charge is 2.39. The average molecular weight is 220 g/mol. The van der Waals surface area contributed by atoms with Crippen LogP contribution in [0.15, 0.2) is 30.3 Å². The minimum Gasteiger partial charge on any atom is -0.370 e. The second-order valence-electron chi connectivity index (χ2n) is 4.47. The van der Waals surface area contributed by atoms with Crippen LogP contribution in [0.5, 0.6) is 0 Å². The van der Waals surface area contributed by atoms with Crippen molar-refractivity contribution in [2.75, 3.05) is 6.61 Å². The van der Waals surface area contributed by atoms with Crippen molar-refractivity contribution in [3.63, 3.8) is 0 Å². The molecule has 3 nitrogen and oxygen atoms in total. The molecule has 0 aliphatic carbocycles. The van der Waals surface area contributed by atoms with E-state index in [2.05, 4.69) is 6.92 Å². The second kappa shape index (κ2) is 4.17. The summed E-state index contributed by atoms with van der Waals surface area (Å²) >= 11 is 0. The van der Waals surface area contributed by atoms with Crippen molar-refractivity contribution in [2.45, 2.75) is 37.9 Å². The van der Waals surface area contributed by atoms with Crippen LogP contribution in [-0.4, -0.2) is 24.9 Å². The van der Waals surface area contributed by atoms with E-state index < -0.39 is 0 Å². The molecule has 2 saturated heterocycles. The van der Waals surface area contributed by atoms with Gasteiger partial charge in [0.15, 0.2) is 6.29 Å². The van der Waals surface area contributed by atoms with Crippen LogP contribution in [0.1, 0.15) is 25.2 Å². The van der Waals surface area contributed by atoms with Crippen molar-refractivity contribution in [2.24, 2.45) is 0 Å². The van der Waals surface area contributed by atoms with Crippen molar-refractivity contribution in [1.82, 2.24) is 0 Å². The largest absolute Gasteiger partial charge is 0.370 e. The summed E-state index contributed by atoms with van der Waals surface area (Å²) in [4.78, 5) is 0. The lowest BCUT2D eigenvalue weighted by Gasteiger charge is -2.31. The number of hydrogen-bond acceptors (Lipinski definition) is 3. The van der Waals surface area contributed by atoms with Gasteiger partial charge in [-0.05, 0) is 6.92 Å². The van der Waals surface area contributed by atoms with E-state index in [1.165, 1.54) is 0 Å². The third kappa shape index (κ3) is 1.86. The highest BCUT2D eigenvalue weighted by Crippen LogP contribution is 2.34. The summed E-state index contributed by atoms with van der Waals surface area (Å²) in [6.07, 6.45) is 1.34. The van der Waals surface area contributed by atoms with E-state index in [0.717, 1.165) is 12.0 Å². The van der Waals surface area contributed by atoms with Gasteiger partial charge in [-0.1, -0.05) is 30.3 Å². The number of rotatable bonds is 1. The Morgan fingerprint density at radius 1 is 1.06 bits per heavy atom. The number of fused-ring (bicyclic) bond motifs is 1. The second-order valence-corrected chi connectivity index (χ2v) is 4.47. The lowest BCUT2D eigenvalue weighted by atomic mass is 10.1. The standard InChI is InChI=1S/C13H16O3/c1-9-7-11-12(15-9)8-14-13(16-11)10-5-3-2-4-6-10/h2-6,9,11-13H,7-8H2,1H3/t9-,11-,12+,13?/m0/s1. The first-order valence-electron chi connectivity index (χ1n) is 5.80. The smallest absolute Gasteiger partial charge is 0.184 e. The maximum absolute atomic E-state index is 5.92. The Kier molecular flexibility index (Phi) is 2.67. The van der Waals surface area contributed by atoms with Gasteiger partial charge in [-0.15, -0.1) is 0 Å². The van der Waals surface area contributed by atoms with Crippen LogP contribution in [0.2, 0.25) is 0 Å². The maximum Gasteiger partial charge on any atom is 0.184 e. The summed E-state index contributed by atoms with van der Waals surface area (Å²) in [5.41, 5.74) is 1.08. The third-order valence-electron chi connectivity index (χ3n) is 3.17. The topological polar surface area (TPSA) is 27.7 Å². The summed E-state index contributed by atoms with van der Waals surface area (Å²) in [7, 11) is 0. The van der Waals surface area contributed by atoms with Crippen LogP contribution in [-0.2, 0) is 14.2 Å². The predicted octanol–water partition coefficient (Wildman–Crippen LogP) is 2.28. The summed E-state index contributed by atoms with van der Waals surface area (Å²) in [5.74, 6) is 0. The molecule has 0 saturated carbocycles. The lowest BCUT2D eigenvalue weighted by molar-refractivity contribution is -0.244. The SMILES string of the molecule is C[C@H]1C[C@@H]2OC(c3ccccc3)OC[C@H]2O1. The zero-order valence-corrected chi connectivity index (χ0v) is 9.34. The van der Waals surface area contributed by atoms with Gasteiger partial charge in [0.2, 0.25) is 0 Å². The molecule has 0 bridgehead atoms. The Hall–Kier alpha value is -0.900. The Labute approximate surface area is 95.3 Å². The maximum atomic E-state index is 5.92. The molecule has 0 spiro atoms. The van der Waals surface area contributed by atoms with Gasteiger partial charge in [-0.3, -0.25) is 0 Å². The van der Waals surface area contributed by atoms with E-state index in [1.807, 2.05) is 30.3 Å². The van der Waals surface area contributed by atoms with Gasteiger partial charge < -0.3 is 14.2 Å². The predicted molar refractivity (Wildman–Crippen MR) is 59.0 cm³/mol. The molecule has 0 aromatic heterocycles. The van der Waals surface area contributed by atoms with E-state index in [9.17, 15) is 0 Å². The molecule has 16 heavy (non-hydrogen) atoms. The minimum atomic E-state index is -0.226. The molecule has 3 heteroatoms. The highest BCUT2D eigenvalue weighted by molar-refractivity contribution is 5.16. The molecule has 1 aromatic rings.